The van der Waals surface area contributed by atoms with Crippen LogP contribution in [0.1, 0.15) is 29.8 Å². The second-order valence-electron chi connectivity index (χ2n) is 6.69. The van der Waals surface area contributed by atoms with Crippen molar-refractivity contribution in [3.05, 3.63) is 40.3 Å². The second-order valence-corrected chi connectivity index (χ2v) is 6.69. The van der Waals surface area contributed by atoms with Crippen LogP contribution in [0.4, 0.5) is 0 Å². The molecular formula is C18H20N4O3. The van der Waals surface area contributed by atoms with Crippen molar-refractivity contribution in [1.82, 2.24) is 20.0 Å². The first-order valence-corrected chi connectivity index (χ1v) is 8.70. The highest BCUT2D eigenvalue weighted by Gasteiger charge is 2.32. The Morgan fingerprint density at radius 1 is 1.00 bits per heavy atom. The molecular weight excluding hydrogens is 320 g/mol. The highest BCUT2D eigenvalue weighted by Crippen LogP contribution is 2.28. The minimum atomic E-state index is -0.303. The van der Waals surface area contributed by atoms with Crippen LogP contribution in [0.15, 0.2) is 29.1 Å². The van der Waals surface area contributed by atoms with E-state index in [-0.39, 0.29) is 29.0 Å². The fourth-order valence-electron chi connectivity index (χ4n) is 3.47. The summed E-state index contributed by atoms with van der Waals surface area (Å²) < 4.78 is 0. The molecule has 130 valence electrons. The van der Waals surface area contributed by atoms with E-state index < -0.39 is 0 Å². The second kappa shape index (κ2) is 6.31. The number of H-pyrrole nitrogens is 1. The smallest absolute Gasteiger partial charge is 0.275 e. The molecule has 2 heterocycles. The van der Waals surface area contributed by atoms with Gasteiger partial charge in [0.2, 0.25) is 5.91 Å². The lowest BCUT2D eigenvalue weighted by atomic mass is 9.84. The quantitative estimate of drug-likeness (QED) is 0.884. The van der Waals surface area contributed by atoms with E-state index in [0.29, 0.717) is 37.0 Å². The summed E-state index contributed by atoms with van der Waals surface area (Å²) in [4.78, 5) is 40.6. The molecule has 0 unspecified atom stereocenters. The van der Waals surface area contributed by atoms with Gasteiger partial charge in [-0.05, 0) is 18.9 Å². The molecule has 7 heteroatoms. The predicted octanol–water partition coefficient (Wildman–Crippen LogP) is 1.01. The molecule has 4 rings (SSSR count). The fourth-order valence-corrected chi connectivity index (χ4v) is 3.47. The molecule has 25 heavy (non-hydrogen) atoms. The van der Waals surface area contributed by atoms with E-state index in [0.717, 1.165) is 19.3 Å². The van der Waals surface area contributed by atoms with Crippen LogP contribution in [0, 0.1) is 5.92 Å². The van der Waals surface area contributed by atoms with E-state index in [9.17, 15) is 14.4 Å². The molecule has 1 aromatic heterocycles. The Kier molecular flexibility index (Phi) is 3.99. The first kappa shape index (κ1) is 15.8. The minimum absolute atomic E-state index is 0.187. The van der Waals surface area contributed by atoms with Gasteiger partial charge in [0.25, 0.3) is 11.5 Å². The maximum Gasteiger partial charge on any atom is 0.275 e. The normalized spacial score (nSPS) is 18.2. The summed E-state index contributed by atoms with van der Waals surface area (Å²) in [5.41, 5.74) is -0.0444. The molecule has 0 atom stereocenters. The number of nitrogens with zero attached hydrogens (tertiary/aromatic N) is 3. The predicted molar refractivity (Wildman–Crippen MR) is 92.2 cm³/mol. The van der Waals surface area contributed by atoms with Gasteiger partial charge in [0.15, 0.2) is 5.69 Å². The van der Waals surface area contributed by atoms with E-state index in [1.807, 2.05) is 4.90 Å². The maximum absolute atomic E-state index is 12.8. The third-order valence-corrected chi connectivity index (χ3v) is 5.23. The van der Waals surface area contributed by atoms with Crippen LogP contribution in [-0.2, 0) is 4.79 Å². The number of piperazine rings is 1. The minimum Gasteiger partial charge on any atom is -0.339 e. The van der Waals surface area contributed by atoms with Crippen molar-refractivity contribution in [3.63, 3.8) is 0 Å². The summed E-state index contributed by atoms with van der Waals surface area (Å²) in [6.45, 7) is 2.10. The van der Waals surface area contributed by atoms with Crippen molar-refractivity contribution < 1.29 is 9.59 Å². The van der Waals surface area contributed by atoms with Gasteiger partial charge in [0.1, 0.15) is 0 Å². The van der Waals surface area contributed by atoms with Crippen molar-refractivity contribution in [3.8, 4) is 0 Å². The number of aromatic amines is 1. The van der Waals surface area contributed by atoms with Crippen molar-refractivity contribution >= 4 is 22.6 Å². The molecule has 2 aromatic rings. The Morgan fingerprint density at radius 2 is 1.64 bits per heavy atom. The van der Waals surface area contributed by atoms with Crippen molar-refractivity contribution in [2.24, 2.45) is 5.92 Å². The Balaban J connectivity index is 1.50. The lowest BCUT2D eigenvalue weighted by Crippen LogP contribution is -2.52. The van der Waals surface area contributed by atoms with Gasteiger partial charge in [0.05, 0.1) is 5.39 Å². The monoisotopic (exact) mass is 340 g/mol. The van der Waals surface area contributed by atoms with Crippen LogP contribution >= 0.6 is 0 Å². The number of amides is 2. The topological polar surface area (TPSA) is 86.4 Å². The van der Waals surface area contributed by atoms with Crippen molar-refractivity contribution in [2.45, 2.75) is 19.3 Å². The number of aromatic nitrogens is 2. The average molecular weight is 340 g/mol. The Hall–Kier alpha value is -2.70. The fraction of sp³-hybridized carbons (Fsp3) is 0.444. The van der Waals surface area contributed by atoms with Gasteiger partial charge < -0.3 is 9.80 Å². The SMILES string of the molecule is O=C(c1n[nH]c(=O)c2ccccc12)N1CCN(C(=O)C2CCC2)CC1. The number of benzene rings is 1. The molecule has 1 N–H and O–H groups in total. The molecule has 1 aliphatic carbocycles. The maximum atomic E-state index is 12.8. The number of hydrogen-bond acceptors (Lipinski definition) is 4. The highest BCUT2D eigenvalue weighted by molar-refractivity contribution is 6.04. The summed E-state index contributed by atoms with van der Waals surface area (Å²) in [6, 6.07) is 6.97. The third-order valence-electron chi connectivity index (χ3n) is 5.23. The summed E-state index contributed by atoms with van der Waals surface area (Å²) in [5.74, 6) is 0.209. The molecule has 0 bridgehead atoms. The Morgan fingerprint density at radius 3 is 2.28 bits per heavy atom. The van der Waals surface area contributed by atoms with Crippen LogP contribution in [0.25, 0.3) is 10.8 Å². The molecule has 0 spiro atoms. The van der Waals surface area contributed by atoms with Gasteiger partial charge in [0, 0.05) is 37.5 Å². The van der Waals surface area contributed by atoms with E-state index >= 15 is 0 Å². The van der Waals surface area contributed by atoms with E-state index in [1.54, 1.807) is 29.2 Å². The summed E-state index contributed by atoms with van der Waals surface area (Å²) in [7, 11) is 0. The zero-order chi connectivity index (χ0) is 17.4. The van der Waals surface area contributed by atoms with Gasteiger partial charge in [-0.15, -0.1) is 0 Å². The molecule has 2 amide bonds. The average Bonchev–Trinajstić information content (AvgIpc) is 2.60. The van der Waals surface area contributed by atoms with Gasteiger partial charge in [-0.25, -0.2) is 5.10 Å². The standard InChI is InChI=1S/C18H20N4O3/c23-16-14-7-2-1-6-13(14)15(19-20-16)18(25)22-10-8-21(9-11-22)17(24)12-4-3-5-12/h1-2,6-7,12H,3-5,8-11H2,(H,20,23). The van der Waals surface area contributed by atoms with Crippen LogP contribution in [0.5, 0.6) is 0 Å². The molecule has 1 aliphatic heterocycles. The molecule has 2 fully saturated rings. The van der Waals surface area contributed by atoms with Gasteiger partial charge >= 0.3 is 0 Å². The lowest BCUT2D eigenvalue weighted by molar-refractivity contribution is -0.139. The zero-order valence-corrected chi connectivity index (χ0v) is 13.9. The number of carbonyl (C=O) groups is 2. The zero-order valence-electron chi connectivity index (χ0n) is 13.9. The largest absolute Gasteiger partial charge is 0.339 e. The van der Waals surface area contributed by atoms with Crippen LogP contribution < -0.4 is 5.56 Å². The first-order chi connectivity index (χ1) is 12.1. The molecule has 2 aliphatic rings. The molecule has 7 nitrogen and oxygen atoms in total. The van der Waals surface area contributed by atoms with Crippen LogP contribution in [0.2, 0.25) is 0 Å². The summed E-state index contributed by atoms with van der Waals surface area (Å²) >= 11 is 0. The third kappa shape index (κ3) is 2.79. The summed E-state index contributed by atoms with van der Waals surface area (Å²) in [5, 5.41) is 7.40. The first-order valence-electron chi connectivity index (χ1n) is 8.70. The van der Waals surface area contributed by atoms with Crippen LogP contribution in [-0.4, -0.2) is 58.0 Å². The van der Waals surface area contributed by atoms with Gasteiger partial charge in [-0.1, -0.05) is 24.6 Å². The van der Waals surface area contributed by atoms with Gasteiger partial charge in [-0.3, -0.25) is 14.4 Å². The van der Waals surface area contributed by atoms with Gasteiger partial charge in [-0.2, -0.15) is 5.10 Å². The molecule has 1 saturated carbocycles. The van der Waals surface area contributed by atoms with Crippen molar-refractivity contribution in [2.75, 3.05) is 26.2 Å². The highest BCUT2D eigenvalue weighted by atomic mass is 16.2. The van der Waals surface area contributed by atoms with E-state index in [4.69, 9.17) is 0 Å². The number of nitrogens with one attached hydrogen (secondary N) is 1. The Bertz CT molecular complexity index is 879. The molecule has 0 radical (unpaired) electrons. The van der Waals surface area contributed by atoms with Crippen LogP contribution in [0.3, 0.4) is 0 Å². The number of carbonyl (C=O) groups excluding carboxylic acids is 2. The summed E-state index contributed by atoms with van der Waals surface area (Å²) in [6.07, 6.45) is 3.12. The van der Waals surface area contributed by atoms with Crippen molar-refractivity contribution in [1.29, 1.82) is 0 Å². The van der Waals surface area contributed by atoms with E-state index in [2.05, 4.69) is 10.2 Å². The van der Waals surface area contributed by atoms with E-state index in [1.165, 1.54) is 0 Å². The Labute approximate surface area is 144 Å². The molecule has 1 saturated heterocycles. The lowest BCUT2D eigenvalue weighted by Gasteiger charge is -2.38. The molecule has 1 aromatic carbocycles. The number of rotatable bonds is 2. The number of fused-ring (bicyclic) bond motifs is 1. The number of hydrogen-bond donors (Lipinski definition) is 1.